The van der Waals surface area contributed by atoms with Gasteiger partial charge in [0.2, 0.25) is 5.91 Å². The highest BCUT2D eigenvalue weighted by atomic mass is 32.1. The van der Waals surface area contributed by atoms with Crippen LogP contribution in [0, 0.1) is 12.7 Å². The van der Waals surface area contributed by atoms with Crippen molar-refractivity contribution < 1.29 is 23.5 Å². The van der Waals surface area contributed by atoms with Crippen molar-refractivity contribution in [2.75, 3.05) is 32.7 Å². The van der Waals surface area contributed by atoms with E-state index in [9.17, 15) is 9.59 Å². The first-order valence-corrected chi connectivity index (χ1v) is 11.4. The Bertz CT molecular complexity index is 1170. The van der Waals surface area contributed by atoms with Gasteiger partial charge in [-0.05, 0) is 41.6 Å². The van der Waals surface area contributed by atoms with E-state index in [0.29, 0.717) is 22.6 Å². The van der Waals surface area contributed by atoms with Crippen molar-refractivity contribution in [2.45, 2.75) is 18.9 Å². The van der Waals surface area contributed by atoms with Gasteiger partial charge in [0.05, 0.1) is 31.2 Å². The molecule has 2 aromatic carbocycles. The standard InChI is InChI=1S/C25H25FN2O4S/c1-15-9-10-18-20(22(15)26)25(30)28(11-12-31-2)23(19-8-5-13-33-19)21(18)24(29)27-16-6-4-7-17(14-16)32-3/h4-10,13-14,21,23H,11-12H2,1-3H3,(H,27,29). The summed E-state index contributed by atoms with van der Waals surface area (Å²) in [6.07, 6.45) is 0. The molecule has 1 aromatic heterocycles. The highest BCUT2D eigenvalue weighted by molar-refractivity contribution is 7.10. The van der Waals surface area contributed by atoms with Crippen LogP contribution in [0.15, 0.2) is 53.9 Å². The summed E-state index contributed by atoms with van der Waals surface area (Å²) in [7, 11) is 3.09. The smallest absolute Gasteiger partial charge is 0.257 e. The van der Waals surface area contributed by atoms with Gasteiger partial charge < -0.3 is 19.7 Å². The minimum absolute atomic E-state index is 0.0512. The summed E-state index contributed by atoms with van der Waals surface area (Å²) in [6, 6.07) is 13.5. The molecule has 0 saturated carbocycles. The first-order valence-electron chi connectivity index (χ1n) is 10.5. The number of hydrogen-bond acceptors (Lipinski definition) is 5. The second kappa shape index (κ2) is 9.72. The van der Waals surface area contributed by atoms with Gasteiger partial charge in [0.25, 0.3) is 5.91 Å². The van der Waals surface area contributed by atoms with Gasteiger partial charge in [-0.1, -0.05) is 24.3 Å². The van der Waals surface area contributed by atoms with Crippen molar-refractivity contribution in [3.05, 3.63) is 81.3 Å². The van der Waals surface area contributed by atoms with Crippen molar-refractivity contribution in [3.8, 4) is 5.75 Å². The van der Waals surface area contributed by atoms with Crippen LogP contribution in [0.4, 0.5) is 10.1 Å². The number of amides is 2. The number of benzene rings is 2. The molecular weight excluding hydrogens is 443 g/mol. The Balaban J connectivity index is 1.84. The zero-order valence-electron chi connectivity index (χ0n) is 18.6. The first-order chi connectivity index (χ1) is 16.0. The minimum Gasteiger partial charge on any atom is -0.497 e. The second-order valence-electron chi connectivity index (χ2n) is 7.81. The maximum Gasteiger partial charge on any atom is 0.257 e. The zero-order valence-corrected chi connectivity index (χ0v) is 19.4. The third kappa shape index (κ3) is 4.36. The molecule has 2 heterocycles. The Morgan fingerprint density at radius 2 is 2.00 bits per heavy atom. The molecule has 1 aliphatic heterocycles. The van der Waals surface area contributed by atoms with Crippen LogP contribution >= 0.6 is 11.3 Å². The lowest BCUT2D eigenvalue weighted by atomic mass is 9.80. The third-order valence-corrected chi connectivity index (χ3v) is 6.76. The average molecular weight is 469 g/mol. The highest BCUT2D eigenvalue weighted by Gasteiger charge is 2.46. The zero-order chi connectivity index (χ0) is 23.5. The first kappa shape index (κ1) is 22.9. The molecule has 172 valence electrons. The molecule has 0 saturated heterocycles. The van der Waals surface area contributed by atoms with E-state index in [1.807, 2.05) is 17.5 Å². The molecule has 0 aliphatic carbocycles. The Hall–Kier alpha value is -3.23. The molecule has 6 nitrogen and oxygen atoms in total. The van der Waals surface area contributed by atoms with Crippen LogP contribution in [0.3, 0.4) is 0 Å². The number of thiophene rings is 1. The molecule has 33 heavy (non-hydrogen) atoms. The molecule has 0 fully saturated rings. The van der Waals surface area contributed by atoms with Gasteiger partial charge >= 0.3 is 0 Å². The van der Waals surface area contributed by atoms with Gasteiger partial charge in [-0.25, -0.2) is 4.39 Å². The summed E-state index contributed by atoms with van der Waals surface area (Å²) < 4.78 is 25.7. The highest BCUT2D eigenvalue weighted by Crippen LogP contribution is 2.45. The average Bonchev–Trinajstić information content (AvgIpc) is 3.35. The molecule has 1 N–H and O–H groups in total. The van der Waals surface area contributed by atoms with Crippen molar-refractivity contribution in [2.24, 2.45) is 0 Å². The van der Waals surface area contributed by atoms with Crippen LogP contribution in [0.25, 0.3) is 0 Å². The number of nitrogens with zero attached hydrogens (tertiary/aromatic N) is 1. The summed E-state index contributed by atoms with van der Waals surface area (Å²) >= 11 is 1.46. The second-order valence-corrected chi connectivity index (χ2v) is 8.79. The van der Waals surface area contributed by atoms with Crippen LogP contribution in [0.2, 0.25) is 0 Å². The molecule has 0 spiro atoms. The summed E-state index contributed by atoms with van der Waals surface area (Å²) in [6.45, 7) is 2.10. The lowest BCUT2D eigenvalue weighted by Gasteiger charge is -2.41. The normalized spacial score (nSPS) is 17.6. The van der Waals surface area contributed by atoms with Crippen molar-refractivity contribution in [3.63, 3.8) is 0 Å². The van der Waals surface area contributed by atoms with Crippen LogP contribution in [0.1, 0.15) is 38.3 Å². The predicted molar refractivity (Wildman–Crippen MR) is 125 cm³/mol. The van der Waals surface area contributed by atoms with E-state index in [1.54, 1.807) is 62.4 Å². The SMILES string of the molecule is COCCN1C(=O)c2c(ccc(C)c2F)C(C(=O)Nc2cccc(OC)c2)C1c1cccs1. The summed E-state index contributed by atoms with van der Waals surface area (Å²) in [4.78, 5) is 29.6. The van der Waals surface area contributed by atoms with Crippen LogP contribution in [-0.2, 0) is 9.53 Å². The van der Waals surface area contributed by atoms with Gasteiger partial charge in [0.15, 0.2) is 0 Å². The lowest BCUT2D eigenvalue weighted by Crippen LogP contribution is -2.47. The van der Waals surface area contributed by atoms with E-state index < -0.39 is 23.7 Å². The van der Waals surface area contributed by atoms with E-state index in [1.165, 1.54) is 11.3 Å². The molecule has 4 rings (SSSR count). The van der Waals surface area contributed by atoms with E-state index in [-0.39, 0.29) is 24.6 Å². The van der Waals surface area contributed by atoms with E-state index in [4.69, 9.17) is 9.47 Å². The van der Waals surface area contributed by atoms with Crippen molar-refractivity contribution >= 4 is 28.8 Å². The van der Waals surface area contributed by atoms with Gasteiger partial charge in [0, 0.05) is 30.3 Å². The molecule has 2 unspecified atom stereocenters. The monoisotopic (exact) mass is 468 g/mol. The number of methoxy groups -OCH3 is 2. The molecule has 2 atom stereocenters. The number of nitrogens with one attached hydrogen (secondary N) is 1. The van der Waals surface area contributed by atoms with Crippen LogP contribution in [0.5, 0.6) is 5.75 Å². The molecular formula is C25H25FN2O4S. The molecule has 1 aliphatic rings. The van der Waals surface area contributed by atoms with E-state index in [2.05, 4.69) is 5.32 Å². The fourth-order valence-electron chi connectivity index (χ4n) is 4.20. The number of anilines is 1. The minimum atomic E-state index is -0.811. The van der Waals surface area contributed by atoms with Gasteiger partial charge in [-0.15, -0.1) is 11.3 Å². The topological polar surface area (TPSA) is 67.9 Å². The number of aryl methyl sites for hydroxylation is 1. The number of carbonyl (C=O) groups excluding carboxylic acids is 2. The number of fused-ring (bicyclic) bond motifs is 1. The van der Waals surface area contributed by atoms with Gasteiger partial charge in [-0.3, -0.25) is 9.59 Å². The number of carbonyl (C=O) groups is 2. The fourth-order valence-corrected chi connectivity index (χ4v) is 5.08. The Kier molecular flexibility index (Phi) is 6.76. The molecule has 0 bridgehead atoms. The quantitative estimate of drug-likeness (QED) is 0.542. The Labute approximate surface area is 195 Å². The molecule has 2 amide bonds. The Morgan fingerprint density at radius 3 is 2.70 bits per heavy atom. The van der Waals surface area contributed by atoms with Crippen molar-refractivity contribution in [1.82, 2.24) is 4.90 Å². The van der Waals surface area contributed by atoms with Crippen molar-refractivity contribution in [1.29, 1.82) is 0 Å². The number of rotatable bonds is 7. The lowest BCUT2D eigenvalue weighted by molar-refractivity contribution is -0.119. The number of hydrogen-bond donors (Lipinski definition) is 1. The fraction of sp³-hybridized carbons (Fsp3) is 0.280. The largest absolute Gasteiger partial charge is 0.497 e. The Morgan fingerprint density at radius 1 is 1.18 bits per heavy atom. The number of halogens is 1. The summed E-state index contributed by atoms with van der Waals surface area (Å²) in [5.41, 5.74) is 1.24. The van der Waals surface area contributed by atoms with Crippen LogP contribution < -0.4 is 10.1 Å². The van der Waals surface area contributed by atoms with Gasteiger partial charge in [-0.2, -0.15) is 0 Å². The third-order valence-electron chi connectivity index (χ3n) is 5.82. The predicted octanol–water partition coefficient (Wildman–Crippen LogP) is 4.77. The maximum absolute atomic E-state index is 15.2. The molecule has 3 aromatic rings. The van der Waals surface area contributed by atoms with E-state index in [0.717, 1.165) is 4.88 Å². The molecule has 8 heteroatoms. The summed E-state index contributed by atoms with van der Waals surface area (Å²) in [5, 5.41) is 4.84. The van der Waals surface area contributed by atoms with Crippen LogP contribution in [-0.4, -0.2) is 44.1 Å². The molecule has 0 radical (unpaired) electrons. The summed E-state index contributed by atoms with van der Waals surface area (Å²) in [5.74, 6) is -1.57. The maximum atomic E-state index is 15.2. The number of ether oxygens (including phenoxy) is 2. The van der Waals surface area contributed by atoms with Gasteiger partial charge in [0.1, 0.15) is 11.6 Å². The van der Waals surface area contributed by atoms with E-state index >= 15 is 4.39 Å².